The summed E-state index contributed by atoms with van der Waals surface area (Å²) >= 11 is 1.71. The van der Waals surface area contributed by atoms with Gasteiger partial charge in [0.1, 0.15) is 0 Å². The standard InChI is InChI=1S/C14H24N4OS.HI/c1-2-15-14(17-11-13-3-10-20-12-13)16-4-5-18-6-8-19-9-7-18;/h3,10,12H,2,4-9,11H2,1H3,(H2,15,16,17);1H. The molecule has 21 heavy (non-hydrogen) atoms. The molecular formula is C14H25IN4OS. The first kappa shape index (κ1) is 18.7. The number of morpholine rings is 1. The molecular weight excluding hydrogens is 399 g/mol. The number of nitrogens with one attached hydrogen (secondary N) is 2. The second kappa shape index (κ2) is 11.2. The predicted octanol–water partition coefficient (Wildman–Crippen LogP) is 1.75. The predicted molar refractivity (Wildman–Crippen MR) is 99.8 cm³/mol. The zero-order valence-electron chi connectivity index (χ0n) is 12.5. The lowest BCUT2D eigenvalue weighted by Gasteiger charge is -2.26. The minimum Gasteiger partial charge on any atom is -0.379 e. The molecule has 1 saturated heterocycles. The summed E-state index contributed by atoms with van der Waals surface area (Å²) < 4.78 is 5.35. The number of hydrogen-bond donors (Lipinski definition) is 2. The van der Waals surface area contributed by atoms with Crippen LogP contribution in [-0.4, -0.2) is 56.8 Å². The van der Waals surface area contributed by atoms with Crippen LogP contribution in [0.5, 0.6) is 0 Å². The van der Waals surface area contributed by atoms with E-state index in [1.54, 1.807) is 11.3 Å². The zero-order chi connectivity index (χ0) is 14.0. The summed E-state index contributed by atoms with van der Waals surface area (Å²) in [4.78, 5) is 7.01. The van der Waals surface area contributed by atoms with E-state index >= 15 is 0 Å². The van der Waals surface area contributed by atoms with Crippen LogP contribution in [0.4, 0.5) is 0 Å². The normalized spacial score (nSPS) is 16.3. The Morgan fingerprint density at radius 3 is 2.86 bits per heavy atom. The van der Waals surface area contributed by atoms with Gasteiger partial charge in [-0.25, -0.2) is 4.99 Å². The van der Waals surface area contributed by atoms with Gasteiger partial charge >= 0.3 is 0 Å². The van der Waals surface area contributed by atoms with Gasteiger partial charge in [-0.3, -0.25) is 4.90 Å². The van der Waals surface area contributed by atoms with Crippen LogP contribution in [0.3, 0.4) is 0 Å². The van der Waals surface area contributed by atoms with Crippen molar-refractivity contribution >= 4 is 41.3 Å². The molecule has 1 aromatic heterocycles. The van der Waals surface area contributed by atoms with Gasteiger partial charge in [0.25, 0.3) is 0 Å². The van der Waals surface area contributed by atoms with E-state index in [1.807, 2.05) is 0 Å². The third kappa shape index (κ3) is 7.44. The molecule has 0 amide bonds. The summed E-state index contributed by atoms with van der Waals surface area (Å²) in [5.41, 5.74) is 1.26. The first-order valence-electron chi connectivity index (χ1n) is 7.22. The molecule has 120 valence electrons. The number of halogens is 1. The smallest absolute Gasteiger partial charge is 0.191 e. The van der Waals surface area contributed by atoms with Crippen molar-refractivity contribution in [3.63, 3.8) is 0 Å². The molecule has 7 heteroatoms. The molecule has 0 unspecified atom stereocenters. The number of aliphatic imine (C=N–C) groups is 1. The molecule has 1 aliphatic heterocycles. The summed E-state index contributed by atoms with van der Waals surface area (Å²) in [7, 11) is 0. The van der Waals surface area contributed by atoms with E-state index < -0.39 is 0 Å². The fourth-order valence-corrected chi connectivity index (χ4v) is 2.71. The molecule has 2 heterocycles. The van der Waals surface area contributed by atoms with E-state index in [2.05, 4.69) is 44.3 Å². The number of ether oxygens (including phenoxy) is 1. The Labute approximate surface area is 148 Å². The molecule has 0 radical (unpaired) electrons. The average Bonchev–Trinajstić information content (AvgIpc) is 2.99. The Bertz CT molecular complexity index is 394. The van der Waals surface area contributed by atoms with Crippen LogP contribution in [-0.2, 0) is 11.3 Å². The SMILES string of the molecule is CCNC(=NCc1ccsc1)NCCN1CCOCC1.I. The molecule has 2 rings (SSSR count). The van der Waals surface area contributed by atoms with Gasteiger partial charge in [-0.15, -0.1) is 24.0 Å². The van der Waals surface area contributed by atoms with E-state index in [9.17, 15) is 0 Å². The lowest BCUT2D eigenvalue weighted by molar-refractivity contribution is 0.0389. The third-order valence-corrected chi connectivity index (χ3v) is 3.90. The van der Waals surface area contributed by atoms with Gasteiger partial charge in [0.05, 0.1) is 19.8 Å². The maximum absolute atomic E-state index is 5.35. The second-order valence-corrected chi connectivity index (χ2v) is 5.49. The molecule has 1 fully saturated rings. The van der Waals surface area contributed by atoms with Gasteiger partial charge in [0, 0.05) is 32.7 Å². The quantitative estimate of drug-likeness (QED) is 0.415. The Morgan fingerprint density at radius 2 is 2.19 bits per heavy atom. The van der Waals surface area contributed by atoms with Crippen LogP contribution in [0.1, 0.15) is 12.5 Å². The second-order valence-electron chi connectivity index (χ2n) is 4.71. The molecule has 2 N–H and O–H groups in total. The zero-order valence-corrected chi connectivity index (χ0v) is 15.7. The summed E-state index contributed by atoms with van der Waals surface area (Å²) in [6, 6.07) is 2.12. The fourth-order valence-electron chi connectivity index (χ4n) is 2.05. The monoisotopic (exact) mass is 424 g/mol. The Kier molecular flexibility index (Phi) is 9.98. The van der Waals surface area contributed by atoms with Crippen molar-refractivity contribution in [2.45, 2.75) is 13.5 Å². The van der Waals surface area contributed by atoms with Crippen molar-refractivity contribution in [3.05, 3.63) is 22.4 Å². The van der Waals surface area contributed by atoms with Gasteiger partial charge in [-0.05, 0) is 29.3 Å². The number of nitrogens with zero attached hydrogens (tertiary/aromatic N) is 2. The summed E-state index contributed by atoms with van der Waals surface area (Å²) in [6.45, 7) is 9.42. The molecule has 1 aliphatic rings. The van der Waals surface area contributed by atoms with Crippen molar-refractivity contribution in [3.8, 4) is 0 Å². The lowest BCUT2D eigenvalue weighted by atomic mass is 10.3. The molecule has 0 bridgehead atoms. The van der Waals surface area contributed by atoms with Gasteiger partial charge < -0.3 is 15.4 Å². The van der Waals surface area contributed by atoms with Gasteiger partial charge in [-0.1, -0.05) is 0 Å². The number of hydrogen-bond acceptors (Lipinski definition) is 4. The lowest BCUT2D eigenvalue weighted by Crippen LogP contribution is -2.44. The highest BCUT2D eigenvalue weighted by atomic mass is 127. The van der Waals surface area contributed by atoms with E-state index in [0.29, 0.717) is 0 Å². The Balaban J connectivity index is 0.00000220. The van der Waals surface area contributed by atoms with E-state index in [4.69, 9.17) is 4.74 Å². The van der Waals surface area contributed by atoms with Crippen LogP contribution in [0.15, 0.2) is 21.8 Å². The van der Waals surface area contributed by atoms with Gasteiger partial charge in [0.15, 0.2) is 5.96 Å². The van der Waals surface area contributed by atoms with Crippen LogP contribution < -0.4 is 10.6 Å². The van der Waals surface area contributed by atoms with Crippen LogP contribution in [0.2, 0.25) is 0 Å². The summed E-state index contributed by atoms with van der Waals surface area (Å²) in [5.74, 6) is 0.895. The fraction of sp³-hybridized carbons (Fsp3) is 0.643. The van der Waals surface area contributed by atoms with Crippen molar-refractivity contribution in [1.82, 2.24) is 15.5 Å². The molecule has 1 aromatic rings. The number of guanidine groups is 1. The Hall–Kier alpha value is -0.380. The minimum atomic E-state index is 0. The molecule has 5 nitrogen and oxygen atoms in total. The summed E-state index contributed by atoms with van der Waals surface area (Å²) in [5, 5.41) is 10.9. The van der Waals surface area contributed by atoms with Crippen LogP contribution >= 0.6 is 35.3 Å². The first-order valence-corrected chi connectivity index (χ1v) is 8.16. The topological polar surface area (TPSA) is 48.9 Å². The highest BCUT2D eigenvalue weighted by Gasteiger charge is 2.09. The van der Waals surface area contributed by atoms with Crippen molar-refractivity contribution in [1.29, 1.82) is 0 Å². The van der Waals surface area contributed by atoms with Gasteiger partial charge in [-0.2, -0.15) is 11.3 Å². The van der Waals surface area contributed by atoms with Crippen LogP contribution in [0, 0.1) is 0 Å². The first-order chi connectivity index (χ1) is 9.88. The maximum Gasteiger partial charge on any atom is 0.191 e. The molecule has 0 aliphatic carbocycles. The Morgan fingerprint density at radius 1 is 1.38 bits per heavy atom. The third-order valence-electron chi connectivity index (χ3n) is 3.17. The summed E-state index contributed by atoms with van der Waals surface area (Å²) in [6.07, 6.45) is 0. The average molecular weight is 424 g/mol. The van der Waals surface area contributed by atoms with Crippen molar-refractivity contribution in [2.24, 2.45) is 4.99 Å². The van der Waals surface area contributed by atoms with Crippen LogP contribution in [0.25, 0.3) is 0 Å². The highest BCUT2D eigenvalue weighted by Crippen LogP contribution is 2.06. The minimum absolute atomic E-state index is 0. The highest BCUT2D eigenvalue weighted by molar-refractivity contribution is 14.0. The molecule has 0 spiro atoms. The van der Waals surface area contributed by atoms with E-state index in [-0.39, 0.29) is 24.0 Å². The van der Waals surface area contributed by atoms with Crippen molar-refractivity contribution in [2.75, 3.05) is 45.9 Å². The molecule has 0 atom stereocenters. The number of rotatable bonds is 6. The molecule has 0 saturated carbocycles. The van der Waals surface area contributed by atoms with Crippen molar-refractivity contribution < 1.29 is 4.74 Å². The molecule has 0 aromatic carbocycles. The number of thiophene rings is 1. The van der Waals surface area contributed by atoms with Gasteiger partial charge in [0.2, 0.25) is 0 Å². The maximum atomic E-state index is 5.35. The van der Waals surface area contributed by atoms with E-state index in [0.717, 1.165) is 58.4 Å². The largest absolute Gasteiger partial charge is 0.379 e. The van der Waals surface area contributed by atoms with E-state index in [1.165, 1.54) is 5.56 Å².